The van der Waals surface area contributed by atoms with Crippen LogP contribution in [0.25, 0.3) is 5.76 Å². The van der Waals surface area contributed by atoms with Gasteiger partial charge in [0.2, 0.25) is 5.95 Å². The molecule has 1 saturated heterocycles. The smallest absolute Gasteiger partial charge is 0.337 e. The lowest BCUT2D eigenvalue weighted by atomic mass is 9.94. The number of carbonyl (C=O) groups excluding carboxylic acids is 3. The lowest BCUT2D eigenvalue weighted by molar-refractivity contribution is -0.132. The van der Waals surface area contributed by atoms with Crippen molar-refractivity contribution >= 4 is 41.0 Å². The Hall–Kier alpha value is -4.04. The highest BCUT2D eigenvalue weighted by Gasteiger charge is 2.48. The number of Topliss-reactive ketones (excluding diaryl/α,β-unsaturated/α-hetero) is 1. The summed E-state index contributed by atoms with van der Waals surface area (Å²) in [6.45, 7) is 0. The molecule has 4 rings (SSSR count). The van der Waals surface area contributed by atoms with Gasteiger partial charge in [-0.15, -0.1) is 0 Å². The normalized spacial score (nSPS) is 17.4. The number of ketones is 1. The summed E-state index contributed by atoms with van der Waals surface area (Å²) >= 11 is 6.22. The van der Waals surface area contributed by atoms with E-state index in [9.17, 15) is 19.5 Å². The average Bonchev–Trinajstić information content (AvgIpc) is 3.09. The summed E-state index contributed by atoms with van der Waals surface area (Å²) in [7, 11) is 1.27. The first-order valence-electron chi connectivity index (χ1n) is 9.45. The fourth-order valence-electron chi connectivity index (χ4n) is 3.49. The van der Waals surface area contributed by atoms with Gasteiger partial charge in [0.15, 0.2) is 0 Å². The number of ether oxygens (including phenoxy) is 1. The van der Waals surface area contributed by atoms with Crippen LogP contribution in [-0.4, -0.2) is 39.8 Å². The quantitative estimate of drug-likeness (QED) is 0.281. The SMILES string of the molecule is COC(=O)c1ccc([C@H]2C(=C(O)c3ccccc3Cl)C(=O)C(=O)N2c2ncccn2)cc1. The number of benzene rings is 2. The van der Waals surface area contributed by atoms with Crippen molar-refractivity contribution in [2.24, 2.45) is 0 Å². The molecular weight excluding hydrogens is 434 g/mol. The average molecular weight is 450 g/mol. The number of anilines is 1. The van der Waals surface area contributed by atoms with Crippen molar-refractivity contribution in [3.05, 3.63) is 94.3 Å². The Morgan fingerprint density at radius 1 is 1.03 bits per heavy atom. The Bertz CT molecular complexity index is 1240. The number of rotatable bonds is 4. The summed E-state index contributed by atoms with van der Waals surface area (Å²) in [5.74, 6) is -2.76. The number of hydrogen-bond donors (Lipinski definition) is 1. The number of carbonyl (C=O) groups is 3. The molecule has 8 nitrogen and oxygen atoms in total. The Labute approximate surface area is 187 Å². The summed E-state index contributed by atoms with van der Waals surface area (Å²) in [4.78, 5) is 47.1. The molecule has 1 N–H and O–H groups in total. The van der Waals surface area contributed by atoms with Crippen molar-refractivity contribution < 1.29 is 24.2 Å². The summed E-state index contributed by atoms with van der Waals surface area (Å²) in [6.07, 6.45) is 2.88. The van der Waals surface area contributed by atoms with Crippen molar-refractivity contribution in [1.29, 1.82) is 0 Å². The molecule has 160 valence electrons. The van der Waals surface area contributed by atoms with E-state index in [1.165, 1.54) is 31.6 Å². The van der Waals surface area contributed by atoms with Crippen LogP contribution in [0.2, 0.25) is 5.02 Å². The van der Waals surface area contributed by atoms with Crippen molar-refractivity contribution in [3.8, 4) is 0 Å². The monoisotopic (exact) mass is 449 g/mol. The molecule has 0 spiro atoms. The van der Waals surface area contributed by atoms with Crippen molar-refractivity contribution in [2.45, 2.75) is 6.04 Å². The van der Waals surface area contributed by atoms with E-state index in [0.29, 0.717) is 5.56 Å². The van der Waals surface area contributed by atoms with Crippen molar-refractivity contribution in [1.82, 2.24) is 9.97 Å². The number of halogens is 1. The molecule has 9 heteroatoms. The fourth-order valence-corrected chi connectivity index (χ4v) is 3.71. The zero-order chi connectivity index (χ0) is 22.8. The highest BCUT2D eigenvalue weighted by Crippen LogP contribution is 2.41. The van der Waals surface area contributed by atoms with Crippen LogP contribution in [0.15, 0.2) is 72.6 Å². The first-order chi connectivity index (χ1) is 15.4. The fraction of sp³-hybridized carbons (Fsp3) is 0.0870. The molecule has 1 atom stereocenters. The van der Waals surface area contributed by atoms with Crippen LogP contribution in [0, 0.1) is 0 Å². The molecule has 0 bridgehead atoms. The summed E-state index contributed by atoms with van der Waals surface area (Å²) < 4.78 is 4.71. The van der Waals surface area contributed by atoms with Crippen LogP contribution < -0.4 is 4.90 Å². The van der Waals surface area contributed by atoms with Crippen LogP contribution in [-0.2, 0) is 14.3 Å². The number of aromatic nitrogens is 2. The predicted octanol–water partition coefficient (Wildman–Crippen LogP) is 3.54. The zero-order valence-electron chi connectivity index (χ0n) is 16.7. The maximum absolute atomic E-state index is 13.0. The van der Waals surface area contributed by atoms with Gasteiger partial charge in [-0.3, -0.25) is 14.5 Å². The van der Waals surface area contributed by atoms with Gasteiger partial charge in [0.1, 0.15) is 5.76 Å². The highest BCUT2D eigenvalue weighted by atomic mass is 35.5. The number of esters is 1. The van der Waals surface area contributed by atoms with Crippen molar-refractivity contribution in [2.75, 3.05) is 12.0 Å². The number of aliphatic hydroxyl groups excluding tert-OH is 1. The number of amides is 1. The predicted molar refractivity (Wildman–Crippen MR) is 116 cm³/mol. The molecule has 1 aromatic heterocycles. The van der Waals surface area contributed by atoms with Gasteiger partial charge in [0.25, 0.3) is 5.78 Å². The molecular formula is C23H16ClN3O5. The molecule has 2 aromatic carbocycles. The second-order valence-corrected chi connectivity index (χ2v) is 7.22. The standard InChI is InChI=1S/C23H16ClN3O5/c1-32-22(31)14-9-7-13(8-10-14)18-17(19(28)15-5-2-3-6-16(15)24)20(29)21(30)27(18)23-25-11-4-12-26-23/h2-12,18,28H,1H3/t18-/m0/s1. The van der Waals surface area contributed by atoms with Crippen LogP contribution >= 0.6 is 11.6 Å². The Balaban J connectivity index is 1.93. The van der Waals surface area contributed by atoms with E-state index >= 15 is 0 Å². The molecule has 1 aliphatic heterocycles. The first-order valence-corrected chi connectivity index (χ1v) is 9.83. The molecule has 0 radical (unpaired) electrons. The van der Waals surface area contributed by atoms with Gasteiger partial charge in [0.05, 0.1) is 29.3 Å². The molecule has 1 aliphatic rings. The molecule has 0 saturated carbocycles. The van der Waals surface area contributed by atoms with Crippen LogP contribution in [0.4, 0.5) is 5.95 Å². The topological polar surface area (TPSA) is 110 Å². The molecule has 1 fully saturated rings. The number of nitrogens with zero attached hydrogens (tertiary/aromatic N) is 3. The third kappa shape index (κ3) is 3.61. The number of hydrogen-bond acceptors (Lipinski definition) is 7. The lowest BCUT2D eigenvalue weighted by Gasteiger charge is -2.23. The Morgan fingerprint density at radius 3 is 2.31 bits per heavy atom. The van der Waals surface area contributed by atoms with E-state index in [0.717, 1.165) is 4.90 Å². The summed E-state index contributed by atoms with van der Waals surface area (Å²) in [6, 6.07) is 13.1. The first kappa shape index (κ1) is 21.2. The second-order valence-electron chi connectivity index (χ2n) is 6.81. The van der Waals surface area contributed by atoms with Crippen molar-refractivity contribution in [3.63, 3.8) is 0 Å². The lowest BCUT2D eigenvalue weighted by Crippen LogP contribution is -2.31. The van der Waals surface area contributed by atoms with Gasteiger partial charge in [-0.2, -0.15) is 0 Å². The number of methoxy groups -OCH3 is 1. The number of aliphatic hydroxyl groups is 1. The van der Waals surface area contributed by atoms with E-state index in [1.54, 1.807) is 42.5 Å². The minimum absolute atomic E-state index is 0.00477. The third-order valence-electron chi connectivity index (χ3n) is 4.99. The third-order valence-corrected chi connectivity index (χ3v) is 5.32. The Kier molecular flexibility index (Phi) is 5.70. The molecule has 3 aromatic rings. The summed E-state index contributed by atoms with van der Waals surface area (Å²) in [5, 5.41) is 11.3. The Morgan fingerprint density at radius 2 is 1.69 bits per heavy atom. The maximum Gasteiger partial charge on any atom is 0.337 e. The van der Waals surface area contributed by atoms with Gasteiger partial charge in [-0.25, -0.2) is 14.8 Å². The maximum atomic E-state index is 13.0. The van der Waals surface area contributed by atoms with Gasteiger partial charge in [-0.05, 0) is 35.9 Å². The molecule has 1 amide bonds. The highest BCUT2D eigenvalue weighted by molar-refractivity contribution is 6.51. The van der Waals surface area contributed by atoms with Gasteiger partial charge in [-0.1, -0.05) is 35.9 Å². The van der Waals surface area contributed by atoms with E-state index in [-0.39, 0.29) is 27.7 Å². The molecule has 0 aliphatic carbocycles. The van der Waals surface area contributed by atoms with E-state index in [2.05, 4.69) is 9.97 Å². The summed E-state index contributed by atoms with van der Waals surface area (Å²) in [5.41, 5.74) is 0.784. The molecule has 2 heterocycles. The van der Waals surface area contributed by atoms with Crippen LogP contribution in [0.5, 0.6) is 0 Å². The van der Waals surface area contributed by atoms with E-state index in [4.69, 9.17) is 16.3 Å². The van der Waals surface area contributed by atoms with Gasteiger partial charge >= 0.3 is 11.9 Å². The van der Waals surface area contributed by atoms with E-state index < -0.39 is 29.5 Å². The van der Waals surface area contributed by atoms with E-state index in [1.807, 2.05) is 0 Å². The zero-order valence-corrected chi connectivity index (χ0v) is 17.5. The van der Waals surface area contributed by atoms with Gasteiger partial charge in [0, 0.05) is 18.0 Å². The van der Waals surface area contributed by atoms with Gasteiger partial charge < -0.3 is 9.84 Å². The molecule has 0 unspecified atom stereocenters. The van der Waals surface area contributed by atoms with Crippen LogP contribution in [0.1, 0.15) is 27.5 Å². The molecule has 32 heavy (non-hydrogen) atoms. The minimum atomic E-state index is -1.04. The minimum Gasteiger partial charge on any atom is -0.507 e. The largest absolute Gasteiger partial charge is 0.507 e. The van der Waals surface area contributed by atoms with Crippen LogP contribution in [0.3, 0.4) is 0 Å². The second kappa shape index (κ2) is 8.60.